The van der Waals surface area contributed by atoms with E-state index in [0.29, 0.717) is 0 Å². The van der Waals surface area contributed by atoms with Crippen molar-refractivity contribution < 1.29 is 4.74 Å². The van der Waals surface area contributed by atoms with E-state index in [-0.39, 0.29) is 6.10 Å². The molecule has 0 radical (unpaired) electrons. The Morgan fingerprint density at radius 2 is 2.60 bits per heavy atom. The van der Waals surface area contributed by atoms with Crippen LogP contribution in [0.15, 0.2) is 23.1 Å². The summed E-state index contributed by atoms with van der Waals surface area (Å²) in [5, 5.41) is 0. The fraction of sp³-hybridized carbons (Fsp3) is 0.429. The zero-order valence-electron chi connectivity index (χ0n) is 5.71. The number of allylic oxidation sites excluding steroid dienone is 1. The minimum Gasteiger partial charge on any atom is -0.377 e. The van der Waals surface area contributed by atoms with Crippen LogP contribution in [0.5, 0.6) is 0 Å². The van der Waals surface area contributed by atoms with Crippen LogP contribution >= 0.6 is 21.7 Å². The summed E-state index contributed by atoms with van der Waals surface area (Å²) in [6.07, 6.45) is 7.25. The van der Waals surface area contributed by atoms with E-state index >= 15 is 0 Å². The monoisotopic (exact) mass is 176 g/mol. The van der Waals surface area contributed by atoms with Gasteiger partial charge in [-0.05, 0) is 34.2 Å². The van der Waals surface area contributed by atoms with Crippen molar-refractivity contribution >= 4 is 21.7 Å². The highest BCUT2D eigenvalue weighted by molar-refractivity contribution is 8.24. The van der Waals surface area contributed by atoms with Gasteiger partial charge in [-0.3, -0.25) is 0 Å². The molecule has 1 rings (SSSR count). The van der Waals surface area contributed by atoms with Crippen molar-refractivity contribution in [1.82, 2.24) is 0 Å². The smallest absolute Gasteiger partial charge is 0.0790 e. The van der Waals surface area contributed by atoms with E-state index < -0.39 is 0 Å². The predicted molar refractivity (Wildman–Crippen MR) is 46.1 cm³/mol. The molecule has 0 heterocycles. The van der Waals surface area contributed by atoms with Gasteiger partial charge in [-0.15, -0.1) is 0 Å². The minimum atomic E-state index is 0.243. The first kappa shape index (κ1) is 8.18. The molecule has 1 atom stereocenters. The molecule has 0 amide bonds. The van der Waals surface area contributed by atoms with Crippen LogP contribution in [-0.4, -0.2) is 13.2 Å². The molecular weight excluding hydrogens is 168 g/mol. The summed E-state index contributed by atoms with van der Waals surface area (Å²) in [4.78, 5) is 1.11. The van der Waals surface area contributed by atoms with E-state index in [4.69, 9.17) is 15.4 Å². The Labute approximate surface area is 69.6 Å². The second-order valence-corrected chi connectivity index (χ2v) is 3.14. The lowest BCUT2D eigenvalue weighted by molar-refractivity contribution is 0.142. The molecule has 0 aromatic rings. The highest BCUT2D eigenvalue weighted by Gasteiger charge is 2.05. The van der Waals surface area contributed by atoms with Crippen molar-refractivity contribution in [3.8, 4) is 0 Å². The van der Waals surface area contributed by atoms with Crippen molar-refractivity contribution in [2.24, 2.45) is 0 Å². The van der Waals surface area contributed by atoms with E-state index in [1.807, 2.05) is 12.2 Å². The van der Waals surface area contributed by atoms with Gasteiger partial charge in [-0.1, -0.05) is 12.2 Å². The molecule has 0 spiro atoms. The molecule has 0 fully saturated rings. The highest BCUT2D eigenvalue weighted by atomic mass is 35.7. The van der Waals surface area contributed by atoms with Crippen LogP contribution in [0.1, 0.15) is 6.42 Å². The second-order valence-electron chi connectivity index (χ2n) is 2.05. The summed E-state index contributed by atoms with van der Waals surface area (Å²) in [6.45, 7) is 0. The standard InChI is InChI=1S/C7H9ClOS/c1-9-6-2-4-7(10-8)5-3-6/h2,4-6H,3H2,1H3. The van der Waals surface area contributed by atoms with Crippen LogP contribution in [0.3, 0.4) is 0 Å². The van der Waals surface area contributed by atoms with Gasteiger partial charge in [-0.2, -0.15) is 0 Å². The van der Waals surface area contributed by atoms with Crippen molar-refractivity contribution in [1.29, 1.82) is 0 Å². The molecule has 3 heteroatoms. The van der Waals surface area contributed by atoms with Crippen molar-refractivity contribution in [2.75, 3.05) is 7.11 Å². The second kappa shape index (κ2) is 4.06. The molecule has 0 aliphatic heterocycles. The Balaban J connectivity index is 2.46. The van der Waals surface area contributed by atoms with Gasteiger partial charge >= 0.3 is 0 Å². The predicted octanol–water partition coefficient (Wildman–Crippen LogP) is 2.73. The van der Waals surface area contributed by atoms with Crippen LogP contribution in [0.2, 0.25) is 0 Å². The van der Waals surface area contributed by atoms with E-state index in [1.165, 1.54) is 11.0 Å². The molecular formula is C7H9ClOS. The van der Waals surface area contributed by atoms with Gasteiger partial charge in [0.1, 0.15) is 0 Å². The third-order valence-corrected chi connectivity index (χ3v) is 2.43. The fourth-order valence-electron chi connectivity index (χ4n) is 0.813. The third kappa shape index (κ3) is 2.04. The summed E-state index contributed by atoms with van der Waals surface area (Å²) in [5.41, 5.74) is 0. The molecule has 1 nitrogen and oxygen atoms in total. The first-order valence-corrected chi connectivity index (χ1v) is 4.71. The summed E-state index contributed by atoms with van der Waals surface area (Å²) in [7, 11) is 8.49. The van der Waals surface area contributed by atoms with Crippen molar-refractivity contribution in [3.63, 3.8) is 0 Å². The lowest BCUT2D eigenvalue weighted by atomic mass is 10.1. The average molecular weight is 177 g/mol. The van der Waals surface area contributed by atoms with Gasteiger partial charge in [0.15, 0.2) is 0 Å². The van der Waals surface area contributed by atoms with Gasteiger partial charge in [0.25, 0.3) is 0 Å². The van der Waals surface area contributed by atoms with E-state index in [1.54, 1.807) is 7.11 Å². The molecule has 1 aliphatic carbocycles. The number of hydrogen-bond donors (Lipinski definition) is 0. The van der Waals surface area contributed by atoms with E-state index in [0.717, 1.165) is 11.3 Å². The third-order valence-electron chi connectivity index (χ3n) is 1.42. The largest absolute Gasteiger partial charge is 0.377 e. The zero-order valence-corrected chi connectivity index (χ0v) is 7.28. The molecule has 1 aliphatic rings. The summed E-state index contributed by atoms with van der Waals surface area (Å²) in [5.74, 6) is 0. The SMILES string of the molecule is COC1C=CC(SCl)=CC1. The highest BCUT2D eigenvalue weighted by Crippen LogP contribution is 2.25. The Morgan fingerprint density at radius 1 is 1.80 bits per heavy atom. The number of halogens is 1. The molecule has 0 aromatic heterocycles. The molecule has 1 unspecified atom stereocenters. The van der Waals surface area contributed by atoms with Crippen LogP contribution in [0.25, 0.3) is 0 Å². The van der Waals surface area contributed by atoms with E-state index in [2.05, 4.69) is 6.08 Å². The Bertz CT molecular complexity index is 165. The minimum absolute atomic E-state index is 0.243. The normalized spacial score (nSPS) is 24.6. The number of rotatable bonds is 2. The number of hydrogen-bond acceptors (Lipinski definition) is 2. The fourth-order valence-corrected chi connectivity index (χ4v) is 1.45. The van der Waals surface area contributed by atoms with Gasteiger partial charge in [-0.25, -0.2) is 0 Å². The first-order valence-electron chi connectivity index (χ1n) is 3.06. The van der Waals surface area contributed by atoms with Crippen LogP contribution in [-0.2, 0) is 4.74 Å². The maximum Gasteiger partial charge on any atom is 0.0790 e. The number of methoxy groups -OCH3 is 1. The van der Waals surface area contributed by atoms with Gasteiger partial charge in [0, 0.05) is 12.0 Å². The summed E-state index contributed by atoms with van der Waals surface area (Å²) < 4.78 is 5.10. The van der Waals surface area contributed by atoms with Crippen LogP contribution < -0.4 is 0 Å². The summed E-state index contributed by atoms with van der Waals surface area (Å²) in [6, 6.07) is 0. The van der Waals surface area contributed by atoms with Crippen LogP contribution in [0.4, 0.5) is 0 Å². The quantitative estimate of drug-likeness (QED) is 0.640. The van der Waals surface area contributed by atoms with Gasteiger partial charge in [0.2, 0.25) is 0 Å². The Hall–Kier alpha value is 0.0800. The summed E-state index contributed by atoms with van der Waals surface area (Å²) >= 11 is 0. The molecule has 0 saturated carbocycles. The lowest BCUT2D eigenvalue weighted by Crippen LogP contribution is -2.07. The lowest BCUT2D eigenvalue weighted by Gasteiger charge is -2.12. The average Bonchev–Trinajstić information content (AvgIpc) is 2.05. The van der Waals surface area contributed by atoms with Crippen molar-refractivity contribution in [3.05, 3.63) is 23.1 Å². The molecule has 0 N–H and O–H groups in total. The maximum atomic E-state index is 5.53. The van der Waals surface area contributed by atoms with Crippen LogP contribution in [0, 0.1) is 0 Å². The Kier molecular flexibility index (Phi) is 3.32. The molecule has 56 valence electrons. The van der Waals surface area contributed by atoms with Gasteiger partial charge in [0.05, 0.1) is 6.10 Å². The maximum absolute atomic E-state index is 5.53. The van der Waals surface area contributed by atoms with Gasteiger partial charge < -0.3 is 4.74 Å². The van der Waals surface area contributed by atoms with Crippen molar-refractivity contribution in [2.45, 2.75) is 12.5 Å². The zero-order chi connectivity index (χ0) is 7.40. The Morgan fingerprint density at radius 3 is 3.00 bits per heavy atom. The molecule has 0 bridgehead atoms. The molecule has 0 saturated heterocycles. The topological polar surface area (TPSA) is 9.23 Å². The molecule has 10 heavy (non-hydrogen) atoms. The van der Waals surface area contributed by atoms with E-state index in [9.17, 15) is 0 Å². The number of ether oxygens (including phenoxy) is 1. The molecule has 0 aromatic carbocycles. The first-order chi connectivity index (χ1) is 4.86.